The van der Waals surface area contributed by atoms with Gasteiger partial charge in [0.2, 0.25) is 11.7 Å². The van der Waals surface area contributed by atoms with E-state index in [-0.39, 0.29) is 18.3 Å². The van der Waals surface area contributed by atoms with Gasteiger partial charge in [-0.1, -0.05) is 0 Å². The number of hydrogen-bond donors (Lipinski definition) is 1. The van der Waals surface area contributed by atoms with Gasteiger partial charge in [0, 0.05) is 29.9 Å². The summed E-state index contributed by atoms with van der Waals surface area (Å²) in [5, 5.41) is 0.854. The molecule has 2 aromatic rings. The summed E-state index contributed by atoms with van der Waals surface area (Å²) in [5.41, 5.74) is 1.45. The molecule has 0 amide bonds. The molecule has 0 bridgehead atoms. The van der Waals surface area contributed by atoms with Crippen molar-refractivity contribution in [3.05, 3.63) is 35.8 Å². The number of esters is 1. The van der Waals surface area contributed by atoms with Crippen molar-refractivity contribution in [2.45, 2.75) is 6.92 Å². The Morgan fingerprint density at radius 2 is 2.30 bits per heavy atom. The highest BCUT2D eigenvalue weighted by atomic mass is 16.5. The van der Waals surface area contributed by atoms with Crippen LogP contribution in [0.1, 0.15) is 12.5 Å². The number of aromatic nitrogens is 2. The minimum Gasteiger partial charge on any atom is -0.465 e. The molecule has 2 aromatic heterocycles. The number of likely N-dealkylation sites (N-methyl/N-ethyl adjacent to an activating group) is 1. The van der Waals surface area contributed by atoms with Crippen LogP contribution in [0.2, 0.25) is 0 Å². The first-order valence-corrected chi connectivity index (χ1v) is 8.72. The molecule has 1 saturated heterocycles. The van der Waals surface area contributed by atoms with E-state index in [0.29, 0.717) is 18.7 Å². The highest BCUT2D eigenvalue weighted by molar-refractivity contribution is 6.27. The molecule has 1 N–H and O–H groups in total. The Kier molecular flexibility index (Phi) is 5.66. The molecule has 1 unspecified atom stereocenters. The van der Waals surface area contributed by atoms with Gasteiger partial charge in [0.1, 0.15) is 5.65 Å². The van der Waals surface area contributed by atoms with E-state index in [1.165, 1.54) is 0 Å². The number of hydrogen-bond acceptors (Lipinski definition) is 7. The van der Waals surface area contributed by atoms with Crippen molar-refractivity contribution >= 4 is 34.8 Å². The maximum absolute atomic E-state index is 12.8. The van der Waals surface area contributed by atoms with Gasteiger partial charge in [0.05, 0.1) is 13.2 Å². The quantitative estimate of drug-likeness (QED) is 0.472. The van der Waals surface area contributed by atoms with Crippen molar-refractivity contribution in [2.24, 2.45) is 10.9 Å². The lowest BCUT2D eigenvalue weighted by Crippen LogP contribution is -2.28. The van der Waals surface area contributed by atoms with E-state index in [1.54, 1.807) is 25.4 Å². The number of aliphatic imine (C=N–C) groups is 1. The van der Waals surface area contributed by atoms with E-state index in [0.717, 1.165) is 10.9 Å². The van der Waals surface area contributed by atoms with Crippen LogP contribution in [-0.2, 0) is 19.1 Å². The molecule has 3 heterocycles. The third-order valence-electron chi connectivity index (χ3n) is 4.07. The molecule has 142 valence electrons. The molecule has 0 radical (unpaired) electrons. The van der Waals surface area contributed by atoms with E-state index in [1.807, 2.05) is 31.1 Å². The average Bonchev–Trinajstić information content (AvgIpc) is 3.17. The largest absolute Gasteiger partial charge is 0.465 e. The smallest absolute Gasteiger partial charge is 0.326 e. The predicted octanol–water partition coefficient (Wildman–Crippen LogP) is 1.64. The molecule has 8 nitrogen and oxygen atoms in total. The molecule has 27 heavy (non-hydrogen) atoms. The molecule has 3 rings (SSSR count). The van der Waals surface area contributed by atoms with E-state index < -0.39 is 17.7 Å². The zero-order valence-corrected chi connectivity index (χ0v) is 15.6. The summed E-state index contributed by atoms with van der Waals surface area (Å²) in [5.74, 6) is -2.09. The topological polar surface area (TPSA) is 96.9 Å². The molecule has 0 aromatic carbocycles. The number of rotatable bonds is 6. The van der Waals surface area contributed by atoms with E-state index >= 15 is 0 Å². The molecular formula is C19H22N4O4. The number of ether oxygens (including phenoxy) is 2. The number of fused-ring (bicyclic) bond motifs is 1. The van der Waals surface area contributed by atoms with Crippen molar-refractivity contribution in [3.8, 4) is 0 Å². The molecule has 1 aliphatic rings. The van der Waals surface area contributed by atoms with Crippen LogP contribution in [0, 0.1) is 5.92 Å². The van der Waals surface area contributed by atoms with Crippen LogP contribution in [-0.4, -0.2) is 66.3 Å². The minimum atomic E-state index is -1.15. The van der Waals surface area contributed by atoms with Crippen LogP contribution < -0.4 is 0 Å². The number of nitrogens with zero attached hydrogens (tertiary/aromatic N) is 3. The standard InChI is InChI=1S/C19H22N4O4/c1-4-26-19(25)15-16(24)14(27-18(15)21-8-9-23(2)3)10-12-11-22-17-13(12)6-5-7-20-17/h5-7,10-11,15H,4,8-9H2,1-3H3,(H,20,22)/b14-10-,21-18?. The zero-order chi connectivity index (χ0) is 19.4. The van der Waals surface area contributed by atoms with Gasteiger partial charge in [-0.05, 0) is 39.2 Å². The lowest BCUT2D eigenvalue weighted by atomic mass is 10.0. The van der Waals surface area contributed by atoms with Gasteiger partial charge in [-0.2, -0.15) is 0 Å². The van der Waals surface area contributed by atoms with E-state index in [4.69, 9.17) is 9.47 Å². The first-order chi connectivity index (χ1) is 13.0. The van der Waals surface area contributed by atoms with Gasteiger partial charge in [-0.3, -0.25) is 14.6 Å². The molecule has 1 fully saturated rings. The van der Waals surface area contributed by atoms with Crippen LogP contribution in [0.25, 0.3) is 17.1 Å². The van der Waals surface area contributed by atoms with Crippen molar-refractivity contribution in [2.75, 3.05) is 33.8 Å². The van der Waals surface area contributed by atoms with Gasteiger partial charge in [0.25, 0.3) is 0 Å². The summed E-state index contributed by atoms with van der Waals surface area (Å²) in [6.45, 7) is 2.96. The molecule has 0 spiro atoms. The normalized spacial score (nSPS) is 20.0. The molecule has 0 saturated carbocycles. The zero-order valence-electron chi connectivity index (χ0n) is 15.6. The molecule has 1 atom stereocenters. The lowest BCUT2D eigenvalue weighted by Gasteiger charge is -2.08. The lowest BCUT2D eigenvalue weighted by molar-refractivity contribution is -0.147. The Bertz CT molecular complexity index is 913. The monoisotopic (exact) mass is 370 g/mol. The van der Waals surface area contributed by atoms with Crippen LogP contribution in [0.3, 0.4) is 0 Å². The van der Waals surface area contributed by atoms with Crippen LogP contribution in [0.15, 0.2) is 35.3 Å². The summed E-state index contributed by atoms with van der Waals surface area (Å²) in [7, 11) is 3.83. The summed E-state index contributed by atoms with van der Waals surface area (Å²) >= 11 is 0. The Balaban J connectivity index is 1.92. The van der Waals surface area contributed by atoms with Crippen LogP contribution in [0.4, 0.5) is 0 Å². The predicted molar refractivity (Wildman–Crippen MR) is 101 cm³/mol. The third kappa shape index (κ3) is 4.06. The van der Waals surface area contributed by atoms with Crippen LogP contribution >= 0.6 is 0 Å². The number of Topliss-reactive ketones (excluding diaryl/α,β-unsaturated/α-hetero) is 1. The van der Waals surface area contributed by atoms with Crippen LogP contribution in [0.5, 0.6) is 0 Å². The number of nitrogens with one attached hydrogen (secondary N) is 1. The SMILES string of the molecule is CCOC(=O)C1C(=O)/C(=C/c2c[nH]c3ncccc23)OC1=NCCN(C)C. The Hall–Kier alpha value is -3.00. The maximum atomic E-state index is 12.8. The van der Waals surface area contributed by atoms with Gasteiger partial charge in [-0.25, -0.2) is 4.98 Å². The van der Waals surface area contributed by atoms with Gasteiger partial charge < -0.3 is 19.4 Å². The number of carbonyl (C=O) groups excluding carboxylic acids is 2. The number of carbonyl (C=O) groups is 2. The second-order valence-electron chi connectivity index (χ2n) is 6.33. The summed E-state index contributed by atoms with van der Waals surface area (Å²) < 4.78 is 10.7. The molecule has 8 heteroatoms. The summed E-state index contributed by atoms with van der Waals surface area (Å²) in [4.78, 5) is 38.6. The summed E-state index contributed by atoms with van der Waals surface area (Å²) in [6.07, 6.45) is 5.02. The summed E-state index contributed by atoms with van der Waals surface area (Å²) in [6, 6.07) is 3.70. The fraction of sp³-hybridized carbons (Fsp3) is 0.368. The first kappa shape index (κ1) is 18.8. The van der Waals surface area contributed by atoms with E-state index in [9.17, 15) is 9.59 Å². The fourth-order valence-electron chi connectivity index (χ4n) is 2.73. The van der Waals surface area contributed by atoms with Gasteiger partial charge >= 0.3 is 5.97 Å². The fourth-order valence-corrected chi connectivity index (χ4v) is 2.73. The number of aromatic amines is 1. The molecular weight excluding hydrogens is 348 g/mol. The molecule has 1 aliphatic heterocycles. The Morgan fingerprint density at radius 1 is 1.48 bits per heavy atom. The average molecular weight is 370 g/mol. The number of allylic oxidation sites excluding steroid dienone is 1. The maximum Gasteiger partial charge on any atom is 0.326 e. The second-order valence-corrected chi connectivity index (χ2v) is 6.33. The van der Waals surface area contributed by atoms with Crippen molar-refractivity contribution in [1.29, 1.82) is 0 Å². The Labute approximate surface area is 156 Å². The van der Waals surface area contributed by atoms with Crippen molar-refractivity contribution < 1.29 is 19.1 Å². The highest BCUT2D eigenvalue weighted by Crippen LogP contribution is 2.27. The number of ketones is 1. The minimum absolute atomic E-state index is 0.0707. The van der Waals surface area contributed by atoms with Gasteiger partial charge in [0.15, 0.2) is 11.7 Å². The highest BCUT2D eigenvalue weighted by Gasteiger charge is 2.44. The second kappa shape index (κ2) is 8.13. The van der Waals surface area contributed by atoms with E-state index in [2.05, 4.69) is 15.0 Å². The Morgan fingerprint density at radius 3 is 3.04 bits per heavy atom. The number of H-pyrrole nitrogens is 1. The number of pyridine rings is 1. The first-order valence-electron chi connectivity index (χ1n) is 8.72. The van der Waals surface area contributed by atoms with Gasteiger partial charge in [-0.15, -0.1) is 0 Å². The van der Waals surface area contributed by atoms with Crippen molar-refractivity contribution in [1.82, 2.24) is 14.9 Å². The third-order valence-corrected chi connectivity index (χ3v) is 4.07. The molecule has 0 aliphatic carbocycles. The van der Waals surface area contributed by atoms with Crippen molar-refractivity contribution in [3.63, 3.8) is 0 Å².